The monoisotopic (exact) mass is 1950 g/mol. The molecule has 10 heterocycles. The van der Waals surface area contributed by atoms with Crippen LogP contribution >= 0.6 is 0 Å². The third kappa shape index (κ3) is 24.6. The molecule has 0 aromatic heterocycles. The maximum Gasteiger partial charge on any atom is 0.364 e. The van der Waals surface area contributed by atoms with Crippen LogP contribution in [0.1, 0.15) is 34.1 Å². The number of aliphatic carboxylic acids is 1. The zero-order chi connectivity index (χ0) is 98.3. The Bertz CT molecular complexity index is 3700. The Morgan fingerprint density at radius 3 is 1.05 bits per heavy atom. The molecule has 0 saturated carbocycles. The molecule has 0 radical (unpaired) electrons. The first kappa shape index (κ1) is 110. The Balaban J connectivity index is 0.959. The summed E-state index contributed by atoms with van der Waals surface area (Å²) < 4.78 is 113. The normalized spacial score (nSPS) is 47.0. The number of carboxylic acids is 1. The number of hydrogen-bond donors (Lipinski definition) is 35. The van der Waals surface area contributed by atoms with Gasteiger partial charge in [0.15, 0.2) is 56.6 Å². The van der Waals surface area contributed by atoms with E-state index in [-0.39, 0.29) is 0 Å². The predicted octanol–water partition coefficient (Wildman–Crippen LogP) is -23.9. The van der Waals surface area contributed by atoms with Crippen molar-refractivity contribution in [2.75, 3.05) is 72.7 Å². The summed E-state index contributed by atoms with van der Waals surface area (Å²) in [5.41, 5.74) is 0. The minimum Gasteiger partial charge on any atom is -0.477 e. The fraction of sp³-hybridized carbons (Fsp3) is 0.918. The van der Waals surface area contributed by atoms with Crippen LogP contribution in [-0.2, 0) is 119 Å². The van der Waals surface area contributed by atoms with Gasteiger partial charge in [-0.25, -0.2) is 4.79 Å². The summed E-state index contributed by atoms with van der Waals surface area (Å²) >= 11 is 0. The highest BCUT2D eigenvalue weighted by Gasteiger charge is 2.63. The lowest BCUT2D eigenvalue weighted by Gasteiger charge is -2.51. The molecule has 60 heteroatoms. The molecular formula is C73H121N5O55. The van der Waals surface area contributed by atoms with E-state index >= 15 is 0 Å². The Morgan fingerprint density at radius 2 is 0.647 bits per heavy atom. The lowest BCUT2D eigenvalue weighted by molar-refractivity contribution is -0.399. The van der Waals surface area contributed by atoms with Gasteiger partial charge in [0.1, 0.15) is 244 Å². The largest absolute Gasteiger partial charge is 0.477 e. The van der Waals surface area contributed by atoms with Gasteiger partial charge in [0, 0.05) is 34.1 Å². The van der Waals surface area contributed by atoms with Crippen molar-refractivity contribution in [1.29, 1.82) is 0 Å². The van der Waals surface area contributed by atoms with Crippen LogP contribution in [0.5, 0.6) is 0 Å². The van der Waals surface area contributed by atoms with Crippen molar-refractivity contribution in [3.63, 3.8) is 0 Å². The van der Waals surface area contributed by atoms with E-state index in [0.717, 1.165) is 27.7 Å². The van der Waals surface area contributed by atoms with Crippen LogP contribution in [0.4, 0.5) is 0 Å². The van der Waals surface area contributed by atoms with Crippen LogP contribution < -0.4 is 26.6 Å². The minimum absolute atomic E-state index is 0.818. The number of hydrogen-bond acceptors (Lipinski definition) is 54. The van der Waals surface area contributed by atoms with E-state index in [4.69, 9.17) is 90.0 Å². The summed E-state index contributed by atoms with van der Waals surface area (Å²) in [4.78, 5) is 76.8. The molecule has 10 aliphatic heterocycles. The predicted molar refractivity (Wildman–Crippen MR) is 406 cm³/mol. The molecule has 10 fully saturated rings. The molecule has 10 saturated heterocycles. The van der Waals surface area contributed by atoms with Crippen molar-refractivity contribution in [1.82, 2.24) is 26.6 Å². The number of amides is 5. The third-order valence-corrected chi connectivity index (χ3v) is 24.0. The van der Waals surface area contributed by atoms with Crippen molar-refractivity contribution in [2.45, 2.75) is 346 Å². The second-order valence-corrected chi connectivity index (χ2v) is 33.2. The van der Waals surface area contributed by atoms with Crippen LogP contribution in [0, 0.1) is 0 Å². The molecule has 1 unspecified atom stereocenters. The molecule has 0 aromatic rings. The van der Waals surface area contributed by atoms with Crippen LogP contribution in [0.25, 0.3) is 0 Å². The average Bonchev–Trinajstić information content (AvgIpc) is 0.757. The summed E-state index contributed by atoms with van der Waals surface area (Å²) in [7, 11) is 0. The number of carbonyl (C=O) groups excluding carboxylic acids is 5. The first-order valence-electron chi connectivity index (χ1n) is 41.9. The summed E-state index contributed by atoms with van der Waals surface area (Å²) in [6.45, 7) is -9.47. The van der Waals surface area contributed by atoms with Gasteiger partial charge >= 0.3 is 5.97 Å². The highest BCUT2D eigenvalue weighted by molar-refractivity contribution is 5.78. The van der Waals surface area contributed by atoms with Gasteiger partial charge in [-0.3, -0.25) is 24.0 Å². The molecule has 10 aliphatic rings. The van der Waals surface area contributed by atoms with E-state index in [0.29, 0.717) is 0 Å². The van der Waals surface area contributed by atoms with E-state index in [1.807, 2.05) is 0 Å². The topological polar surface area (TPSA) is 945 Å². The van der Waals surface area contributed by atoms with Crippen molar-refractivity contribution in [3.05, 3.63) is 0 Å². The lowest BCUT2D eigenvalue weighted by Crippen LogP contribution is -2.71. The zero-order valence-corrected chi connectivity index (χ0v) is 71.0. The van der Waals surface area contributed by atoms with E-state index in [1.165, 1.54) is 0 Å². The maximum atomic E-state index is 13.2. The molecule has 35 N–H and O–H groups in total. The van der Waals surface area contributed by atoms with E-state index < -0.39 is 427 Å². The highest BCUT2D eigenvalue weighted by atomic mass is 16.8. The molecule has 0 spiro atoms. The summed E-state index contributed by atoms with van der Waals surface area (Å²) in [5, 5.41) is 345. The molecule has 51 atom stereocenters. The van der Waals surface area contributed by atoms with Gasteiger partial charge in [0.25, 0.3) is 5.79 Å². The number of nitrogens with one attached hydrogen (secondary N) is 5. The second kappa shape index (κ2) is 47.9. The number of aliphatic hydroxyl groups excluding tert-OH is 29. The Morgan fingerprint density at radius 1 is 0.323 bits per heavy atom. The Labute approximate surface area is 751 Å². The molecule has 0 aromatic carbocycles. The second-order valence-electron chi connectivity index (χ2n) is 33.2. The third-order valence-electron chi connectivity index (χ3n) is 24.0. The summed E-state index contributed by atoms with van der Waals surface area (Å²) in [6, 6.07) is -9.61. The van der Waals surface area contributed by atoms with E-state index in [9.17, 15) is 182 Å². The number of carbonyl (C=O) groups is 6. The number of aliphatic hydroxyl groups is 29. The fourth-order valence-corrected chi connectivity index (χ4v) is 16.9. The van der Waals surface area contributed by atoms with Gasteiger partial charge in [-0.2, -0.15) is 0 Å². The SMILES string of the molecule is CC(=O)N[C@H]1[C@H](O[C@H]2[C@H](O)[C@@H](NC(C)=O)C(O)O[C@@H]2CO)O[C@H](CO)[C@@H](O[C@@H]2O[C@H](CO[C@H]3O[C@H](CO)[C@@H](O)[C@H](O)[C@@H]3O[C@@H]3O[C@H](CO)[C@@H](O[C@@H]4O[C@H](CO)[C@H](O)[C@H](O)[C@H]4O)[C@H](O)[C@H]3NC(C)=O)[C@@H](O)[C@H](O[C@H]3O[C@H](CO)[C@@H](O)[C@H](O)[C@@H]3O[C@@H]3O[C@H](CO)[C@@H](O[C@@H]4O[C@H](CO[C@]5(C(=O)O)C[C@H](O)[C@@H](NC(=O)CO)[C@H]([C@H](O)[C@H](O)CO)O5)[C@H](O)[C@H](O)[C@H]4O)[C@H](O)[C@H]3NC(C)=O)[C@@H]2O)[C@@H]1O. The van der Waals surface area contributed by atoms with Crippen molar-refractivity contribution < 1.29 is 272 Å². The van der Waals surface area contributed by atoms with Crippen LogP contribution in [-0.4, -0.2) is 574 Å². The zero-order valence-electron chi connectivity index (χ0n) is 71.0. The quantitative estimate of drug-likeness (QED) is 0.0275. The molecule has 0 bridgehead atoms. The van der Waals surface area contributed by atoms with Crippen LogP contribution in [0.2, 0.25) is 0 Å². The van der Waals surface area contributed by atoms with Crippen molar-refractivity contribution in [2.24, 2.45) is 0 Å². The van der Waals surface area contributed by atoms with Gasteiger partial charge in [-0.15, -0.1) is 0 Å². The number of rotatable bonds is 37. The molecule has 10 rings (SSSR count). The van der Waals surface area contributed by atoms with Crippen LogP contribution in [0.15, 0.2) is 0 Å². The average molecular weight is 1950 g/mol. The Kier molecular flexibility index (Phi) is 39.6. The first-order valence-corrected chi connectivity index (χ1v) is 41.9. The van der Waals surface area contributed by atoms with Gasteiger partial charge in [-0.05, 0) is 0 Å². The maximum absolute atomic E-state index is 13.2. The summed E-state index contributed by atoms with van der Waals surface area (Å²) in [6.07, 6.45) is -100. The molecule has 768 valence electrons. The molecule has 0 aliphatic carbocycles. The van der Waals surface area contributed by atoms with Crippen molar-refractivity contribution in [3.8, 4) is 0 Å². The van der Waals surface area contributed by atoms with E-state index in [1.54, 1.807) is 0 Å². The van der Waals surface area contributed by atoms with Crippen molar-refractivity contribution >= 4 is 35.5 Å². The number of carboxylic acid groups (broad SMARTS) is 1. The van der Waals surface area contributed by atoms with E-state index in [2.05, 4.69) is 26.6 Å². The summed E-state index contributed by atoms with van der Waals surface area (Å²) in [5.74, 6) is -10.3. The lowest BCUT2D eigenvalue weighted by atomic mass is 9.88. The Hall–Kier alpha value is -5.10. The van der Waals surface area contributed by atoms with Gasteiger partial charge in [0.05, 0.1) is 78.2 Å². The fourth-order valence-electron chi connectivity index (χ4n) is 16.9. The molecule has 5 amide bonds. The first-order chi connectivity index (χ1) is 62.8. The standard InChI is InChI=1S/C73H121N5O55/c1-17(88)74-34-44(101)55(26(10-83)117-63(34)112)126-64-35(75-18(2)89)45(102)58(29(13-86)121-64)129-69-54(111)60(43(100)30(124-69)15-115-70-61(50(107)40(97)24(8-81)119-70)131-65-36(76-19(3)90)46(103)56(27(11-84)122-65)127-67-52(109)48(105)39(96)23(7-80)118-67)130-71-62(51(108)41(98)25(9-82)120-71)132-66-37(77-20(4)91)47(104)57(28(12-85)123-66)128-68-53(110)49(106)42(99)31(125-68)16-116-73(72(113)114)5-21(92)33(78-32(94)14-87)59(133-73)38(95)22(93)6-79/h21-31,33-71,79-87,92-93,95-112H,5-16H2,1-4H3,(H,74,88)(H,75,89)(H,76,90)(H,77,91)(H,78,94)(H,113,114)/t21-,22+,23+,24+,25+,26+,27+,28+,29+,30+,31+,33+,34+,35+,36+,37+,38+,39-,40+,41+,42-,43+,44+,45+,46+,47+,48-,49-,50-,51-,52+,53+,54-,55+,56+,57+,58+,59+,60-,61-,62-,63?,64-,65-,66-,67-,68-,69-,70-,71+,73+/m0/s1. The molecule has 60 nitrogen and oxygen atoms in total. The van der Waals surface area contributed by atoms with Crippen LogP contribution in [0.3, 0.4) is 0 Å². The smallest absolute Gasteiger partial charge is 0.364 e. The highest BCUT2D eigenvalue weighted by Crippen LogP contribution is 2.42. The minimum atomic E-state index is -3.17. The van der Waals surface area contributed by atoms with Gasteiger partial charge in [-0.1, -0.05) is 0 Å². The number of ether oxygens (including phenoxy) is 19. The van der Waals surface area contributed by atoms with Gasteiger partial charge in [0.2, 0.25) is 29.5 Å². The molecular weight excluding hydrogens is 1830 g/mol. The molecule has 133 heavy (non-hydrogen) atoms. The van der Waals surface area contributed by atoms with Gasteiger partial charge < -0.3 is 270 Å².